The maximum atomic E-state index is 12.0. The molecule has 0 radical (unpaired) electrons. The number of benzene rings is 1. The first kappa shape index (κ1) is 18.0. The van der Waals surface area contributed by atoms with E-state index in [1.807, 2.05) is 13.0 Å². The quantitative estimate of drug-likeness (QED) is 0.659. The SMILES string of the molecule is COc1ccc(C)cc1NC(=O)C(=O)NN=C1CCCCCCC1. The second kappa shape index (κ2) is 9.05. The first-order valence-corrected chi connectivity index (χ1v) is 8.41. The summed E-state index contributed by atoms with van der Waals surface area (Å²) in [6.07, 6.45) is 7.59. The number of amides is 2. The molecule has 1 aromatic carbocycles. The summed E-state index contributed by atoms with van der Waals surface area (Å²) in [7, 11) is 1.51. The van der Waals surface area contributed by atoms with Crippen LogP contribution in [-0.2, 0) is 9.59 Å². The van der Waals surface area contributed by atoms with Crippen LogP contribution in [0.4, 0.5) is 5.69 Å². The number of rotatable bonds is 3. The average molecular weight is 331 g/mol. The molecule has 0 atom stereocenters. The Morgan fingerprint density at radius 2 is 1.71 bits per heavy atom. The fourth-order valence-corrected chi connectivity index (χ4v) is 2.70. The molecular weight excluding hydrogens is 306 g/mol. The van der Waals surface area contributed by atoms with Gasteiger partial charge >= 0.3 is 11.8 Å². The molecule has 0 unspecified atom stereocenters. The van der Waals surface area contributed by atoms with Gasteiger partial charge in [0.05, 0.1) is 12.8 Å². The summed E-state index contributed by atoms with van der Waals surface area (Å²) < 4.78 is 5.19. The molecule has 24 heavy (non-hydrogen) atoms. The highest BCUT2D eigenvalue weighted by Gasteiger charge is 2.16. The highest BCUT2D eigenvalue weighted by molar-refractivity contribution is 6.39. The normalized spacial score (nSPS) is 15.0. The number of hydrazone groups is 1. The molecule has 6 heteroatoms. The van der Waals surface area contributed by atoms with E-state index in [1.54, 1.807) is 12.1 Å². The zero-order valence-electron chi connectivity index (χ0n) is 14.4. The average Bonchev–Trinajstić information content (AvgIpc) is 2.53. The third-order valence-electron chi connectivity index (χ3n) is 4.06. The van der Waals surface area contributed by atoms with Gasteiger partial charge in [0.1, 0.15) is 5.75 Å². The van der Waals surface area contributed by atoms with Crippen molar-refractivity contribution in [1.82, 2.24) is 5.43 Å². The minimum Gasteiger partial charge on any atom is -0.495 e. The minimum absolute atomic E-state index is 0.469. The van der Waals surface area contributed by atoms with Gasteiger partial charge in [-0.1, -0.05) is 25.3 Å². The lowest BCUT2D eigenvalue weighted by Crippen LogP contribution is -2.33. The lowest BCUT2D eigenvalue weighted by Gasteiger charge is -2.12. The monoisotopic (exact) mass is 331 g/mol. The Morgan fingerprint density at radius 1 is 1.04 bits per heavy atom. The second-order valence-electron chi connectivity index (χ2n) is 6.04. The third-order valence-corrected chi connectivity index (χ3v) is 4.06. The van der Waals surface area contributed by atoms with Crippen molar-refractivity contribution in [1.29, 1.82) is 0 Å². The van der Waals surface area contributed by atoms with Crippen LogP contribution in [0.25, 0.3) is 0 Å². The number of aryl methyl sites for hydroxylation is 1. The third kappa shape index (κ3) is 5.37. The fourth-order valence-electron chi connectivity index (χ4n) is 2.70. The zero-order chi connectivity index (χ0) is 17.4. The van der Waals surface area contributed by atoms with Crippen LogP contribution in [0.1, 0.15) is 50.5 Å². The molecule has 2 amide bonds. The van der Waals surface area contributed by atoms with Crippen LogP contribution in [0.2, 0.25) is 0 Å². The van der Waals surface area contributed by atoms with E-state index in [2.05, 4.69) is 15.8 Å². The molecule has 1 fully saturated rings. The van der Waals surface area contributed by atoms with Gasteiger partial charge < -0.3 is 10.1 Å². The summed E-state index contributed by atoms with van der Waals surface area (Å²) in [5.41, 5.74) is 4.76. The summed E-state index contributed by atoms with van der Waals surface area (Å²) in [6, 6.07) is 5.37. The predicted octanol–water partition coefficient (Wildman–Crippen LogP) is 3.16. The van der Waals surface area contributed by atoms with Crippen LogP contribution >= 0.6 is 0 Å². The van der Waals surface area contributed by atoms with Crippen LogP contribution in [0, 0.1) is 6.92 Å². The Bertz CT molecular complexity index is 616. The topological polar surface area (TPSA) is 79.8 Å². The maximum Gasteiger partial charge on any atom is 0.329 e. The van der Waals surface area contributed by atoms with Gasteiger partial charge in [0.2, 0.25) is 0 Å². The number of hydrogen-bond donors (Lipinski definition) is 2. The van der Waals surface area contributed by atoms with Gasteiger partial charge in [-0.3, -0.25) is 9.59 Å². The van der Waals surface area contributed by atoms with Gasteiger partial charge in [0.15, 0.2) is 0 Å². The Labute approximate surface area is 142 Å². The van der Waals surface area contributed by atoms with E-state index in [-0.39, 0.29) is 0 Å². The molecule has 1 saturated carbocycles. The van der Waals surface area contributed by atoms with Gasteiger partial charge in [0.25, 0.3) is 0 Å². The standard InChI is InChI=1S/C18H25N3O3/c1-13-10-11-16(24-2)15(12-13)19-17(22)18(23)21-20-14-8-6-4-3-5-7-9-14/h10-12H,3-9H2,1-2H3,(H,19,22)(H,21,23). The number of hydrogen-bond acceptors (Lipinski definition) is 4. The molecule has 2 N–H and O–H groups in total. The van der Waals surface area contributed by atoms with E-state index in [1.165, 1.54) is 26.4 Å². The van der Waals surface area contributed by atoms with Gasteiger partial charge in [0, 0.05) is 5.71 Å². The van der Waals surface area contributed by atoms with E-state index in [4.69, 9.17) is 4.74 Å². The van der Waals surface area contributed by atoms with E-state index in [9.17, 15) is 9.59 Å². The molecular formula is C18H25N3O3. The number of anilines is 1. The molecule has 0 bridgehead atoms. The predicted molar refractivity (Wildman–Crippen MR) is 94.3 cm³/mol. The summed E-state index contributed by atoms with van der Waals surface area (Å²) in [5, 5.41) is 6.70. The zero-order valence-corrected chi connectivity index (χ0v) is 14.4. The van der Waals surface area contributed by atoms with E-state index in [0.717, 1.165) is 37.0 Å². The summed E-state index contributed by atoms with van der Waals surface area (Å²) in [4.78, 5) is 24.0. The molecule has 0 saturated heterocycles. The Balaban J connectivity index is 1.94. The van der Waals surface area contributed by atoms with Crippen LogP contribution in [0.15, 0.2) is 23.3 Å². The van der Waals surface area contributed by atoms with Crippen LogP contribution in [0.3, 0.4) is 0 Å². The number of methoxy groups -OCH3 is 1. The molecule has 0 spiro atoms. The van der Waals surface area contributed by atoms with Crippen molar-refractivity contribution in [2.75, 3.05) is 12.4 Å². The summed E-state index contributed by atoms with van der Waals surface area (Å²) >= 11 is 0. The van der Waals surface area contributed by atoms with Crippen molar-refractivity contribution in [3.8, 4) is 5.75 Å². The highest BCUT2D eigenvalue weighted by Crippen LogP contribution is 2.25. The van der Waals surface area contributed by atoms with Crippen molar-refractivity contribution in [3.05, 3.63) is 23.8 Å². The van der Waals surface area contributed by atoms with Gasteiger partial charge in [-0.05, 0) is 50.3 Å². The molecule has 2 rings (SSSR count). The molecule has 0 aliphatic heterocycles. The minimum atomic E-state index is -0.770. The highest BCUT2D eigenvalue weighted by atomic mass is 16.5. The molecule has 0 aromatic heterocycles. The molecule has 130 valence electrons. The summed E-state index contributed by atoms with van der Waals surface area (Å²) in [6.45, 7) is 1.90. The lowest BCUT2D eigenvalue weighted by atomic mass is 9.99. The molecule has 6 nitrogen and oxygen atoms in total. The Kier molecular flexibility index (Phi) is 6.78. The van der Waals surface area contributed by atoms with Crippen molar-refractivity contribution < 1.29 is 14.3 Å². The fraction of sp³-hybridized carbons (Fsp3) is 0.500. The van der Waals surface area contributed by atoms with Crippen LogP contribution in [0.5, 0.6) is 5.75 Å². The van der Waals surface area contributed by atoms with Crippen LogP contribution < -0.4 is 15.5 Å². The van der Waals surface area contributed by atoms with Crippen molar-refractivity contribution in [2.45, 2.75) is 51.9 Å². The van der Waals surface area contributed by atoms with E-state index < -0.39 is 11.8 Å². The number of carbonyl (C=O) groups excluding carboxylic acids is 2. The molecule has 0 heterocycles. The smallest absolute Gasteiger partial charge is 0.329 e. The molecule has 1 aliphatic rings. The first-order valence-electron chi connectivity index (χ1n) is 8.41. The van der Waals surface area contributed by atoms with Crippen LogP contribution in [-0.4, -0.2) is 24.6 Å². The van der Waals surface area contributed by atoms with Crippen molar-refractivity contribution in [3.63, 3.8) is 0 Å². The number of carbonyl (C=O) groups is 2. The lowest BCUT2D eigenvalue weighted by molar-refractivity contribution is -0.136. The summed E-state index contributed by atoms with van der Waals surface area (Å²) in [5.74, 6) is -1.02. The first-order chi connectivity index (χ1) is 11.6. The number of nitrogens with one attached hydrogen (secondary N) is 2. The largest absolute Gasteiger partial charge is 0.495 e. The maximum absolute atomic E-state index is 12.0. The molecule has 1 aromatic rings. The van der Waals surface area contributed by atoms with E-state index in [0.29, 0.717) is 11.4 Å². The van der Waals surface area contributed by atoms with E-state index >= 15 is 0 Å². The Hall–Kier alpha value is -2.37. The second-order valence-corrected chi connectivity index (χ2v) is 6.04. The number of nitrogens with zero attached hydrogens (tertiary/aromatic N) is 1. The molecule has 1 aliphatic carbocycles. The van der Waals surface area contributed by atoms with Crippen molar-refractivity contribution in [2.24, 2.45) is 5.10 Å². The van der Waals surface area contributed by atoms with Gasteiger partial charge in [-0.15, -0.1) is 0 Å². The van der Waals surface area contributed by atoms with Gasteiger partial charge in [-0.25, -0.2) is 5.43 Å². The van der Waals surface area contributed by atoms with Gasteiger partial charge in [-0.2, -0.15) is 5.10 Å². The Morgan fingerprint density at radius 3 is 2.38 bits per heavy atom. The number of ether oxygens (including phenoxy) is 1. The van der Waals surface area contributed by atoms with Crippen molar-refractivity contribution >= 4 is 23.2 Å².